The third-order valence-electron chi connectivity index (χ3n) is 1.96. The van der Waals surface area contributed by atoms with E-state index in [0.717, 1.165) is 0 Å². The molecule has 0 bridgehead atoms. The van der Waals surface area contributed by atoms with Gasteiger partial charge in [-0.1, -0.05) is 6.07 Å². The lowest BCUT2D eigenvalue weighted by molar-refractivity contribution is 0.544. The van der Waals surface area contributed by atoms with Crippen molar-refractivity contribution in [1.29, 1.82) is 5.26 Å². The molecule has 0 saturated heterocycles. The van der Waals surface area contributed by atoms with Crippen molar-refractivity contribution in [2.24, 2.45) is 5.73 Å². The lowest BCUT2D eigenvalue weighted by Crippen LogP contribution is -2.40. The van der Waals surface area contributed by atoms with E-state index in [-0.39, 0.29) is 17.2 Å². The number of rotatable bonds is 4. The van der Waals surface area contributed by atoms with E-state index in [1.165, 1.54) is 6.20 Å². The van der Waals surface area contributed by atoms with E-state index in [1.54, 1.807) is 26.0 Å². The second-order valence-electron chi connectivity index (χ2n) is 4.64. The molecule has 1 aromatic heterocycles. The highest BCUT2D eigenvalue weighted by Crippen LogP contribution is 2.13. The van der Waals surface area contributed by atoms with Gasteiger partial charge >= 0.3 is 0 Å². The van der Waals surface area contributed by atoms with Crippen molar-refractivity contribution in [2.45, 2.75) is 25.1 Å². The number of pyridine rings is 1. The Labute approximate surface area is 101 Å². The monoisotopic (exact) mass is 253 g/mol. The second kappa shape index (κ2) is 4.82. The van der Waals surface area contributed by atoms with E-state index in [4.69, 9.17) is 11.0 Å². The van der Waals surface area contributed by atoms with Crippen LogP contribution in [0.4, 0.5) is 0 Å². The van der Waals surface area contributed by atoms with E-state index in [2.05, 4.69) is 4.98 Å². The van der Waals surface area contributed by atoms with E-state index in [9.17, 15) is 8.42 Å². The Hall–Kier alpha value is -1.45. The van der Waals surface area contributed by atoms with Gasteiger partial charge in [0.25, 0.3) is 0 Å². The molecule has 0 unspecified atom stereocenters. The van der Waals surface area contributed by atoms with Gasteiger partial charge in [0.15, 0.2) is 9.84 Å². The number of nitrogens with zero attached hydrogens (tertiary/aromatic N) is 2. The number of nitrogens with two attached hydrogens (primary N) is 1. The molecule has 0 aliphatic rings. The highest BCUT2D eigenvalue weighted by molar-refractivity contribution is 7.90. The van der Waals surface area contributed by atoms with Gasteiger partial charge in [0.1, 0.15) is 11.8 Å². The summed E-state index contributed by atoms with van der Waals surface area (Å²) in [6, 6.07) is 5.07. The molecule has 1 heterocycles. The van der Waals surface area contributed by atoms with Crippen LogP contribution in [0, 0.1) is 11.3 Å². The molecule has 1 rings (SSSR count). The topological polar surface area (TPSA) is 96.8 Å². The fourth-order valence-electron chi connectivity index (χ4n) is 1.51. The third kappa shape index (κ3) is 4.51. The van der Waals surface area contributed by atoms with Crippen LogP contribution in [0.25, 0.3) is 0 Å². The van der Waals surface area contributed by atoms with Crippen molar-refractivity contribution in [2.75, 3.05) is 5.75 Å². The summed E-state index contributed by atoms with van der Waals surface area (Å²) in [4.78, 5) is 3.82. The van der Waals surface area contributed by atoms with Crippen LogP contribution in [0.3, 0.4) is 0 Å². The first-order valence-corrected chi connectivity index (χ1v) is 6.89. The van der Waals surface area contributed by atoms with E-state index in [0.29, 0.717) is 5.56 Å². The summed E-state index contributed by atoms with van der Waals surface area (Å²) in [7, 11) is -3.34. The second-order valence-corrected chi connectivity index (χ2v) is 6.71. The molecular weight excluding hydrogens is 238 g/mol. The molecule has 0 radical (unpaired) electrons. The summed E-state index contributed by atoms with van der Waals surface area (Å²) >= 11 is 0. The van der Waals surface area contributed by atoms with Crippen LogP contribution in [0.2, 0.25) is 0 Å². The molecule has 0 spiro atoms. The Morgan fingerprint density at radius 3 is 2.71 bits per heavy atom. The molecule has 0 aliphatic heterocycles. The first kappa shape index (κ1) is 13.6. The minimum Gasteiger partial charge on any atom is -0.325 e. The summed E-state index contributed by atoms with van der Waals surface area (Å²) < 4.78 is 23.7. The molecule has 0 saturated carbocycles. The van der Waals surface area contributed by atoms with Crippen LogP contribution in [-0.2, 0) is 15.6 Å². The summed E-state index contributed by atoms with van der Waals surface area (Å²) in [6.07, 6.45) is 1.46. The molecule has 0 amide bonds. The van der Waals surface area contributed by atoms with Crippen molar-refractivity contribution in [3.8, 4) is 6.07 Å². The maximum Gasteiger partial charge on any atom is 0.156 e. The Morgan fingerprint density at radius 2 is 2.18 bits per heavy atom. The first-order valence-electron chi connectivity index (χ1n) is 5.07. The summed E-state index contributed by atoms with van der Waals surface area (Å²) in [5.74, 6) is -0.329. The quantitative estimate of drug-likeness (QED) is 0.847. The Balaban J connectivity index is 2.96. The van der Waals surface area contributed by atoms with Gasteiger partial charge in [-0.05, 0) is 19.9 Å². The molecule has 0 fully saturated rings. The van der Waals surface area contributed by atoms with Gasteiger partial charge in [0, 0.05) is 17.3 Å². The zero-order valence-electron chi connectivity index (χ0n) is 9.84. The van der Waals surface area contributed by atoms with Crippen molar-refractivity contribution >= 4 is 9.84 Å². The van der Waals surface area contributed by atoms with Crippen LogP contribution < -0.4 is 5.73 Å². The third-order valence-corrected chi connectivity index (χ3v) is 3.90. The van der Waals surface area contributed by atoms with E-state index < -0.39 is 15.4 Å². The minimum absolute atomic E-state index is 0.125. The fraction of sp³-hybridized carbons (Fsp3) is 0.455. The molecule has 0 aromatic carbocycles. The molecule has 2 N–H and O–H groups in total. The van der Waals surface area contributed by atoms with Gasteiger partial charge in [-0.3, -0.25) is 0 Å². The van der Waals surface area contributed by atoms with Crippen molar-refractivity contribution in [3.05, 3.63) is 29.6 Å². The molecule has 92 valence electrons. The highest BCUT2D eigenvalue weighted by atomic mass is 32.2. The summed E-state index contributed by atoms with van der Waals surface area (Å²) in [5, 5.41) is 8.82. The largest absolute Gasteiger partial charge is 0.325 e. The van der Waals surface area contributed by atoms with Gasteiger partial charge in [-0.25, -0.2) is 13.4 Å². The van der Waals surface area contributed by atoms with Gasteiger partial charge in [-0.15, -0.1) is 0 Å². The van der Waals surface area contributed by atoms with Gasteiger partial charge in [0.2, 0.25) is 0 Å². The molecule has 5 nitrogen and oxygen atoms in total. The Kier molecular flexibility index (Phi) is 3.86. The molecule has 0 atom stereocenters. The molecule has 17 heavy (non-hydrogen) atoms. The predicted octanol–water partition coefficient (Wildman–Crippen LogP) is 0.605. The number of nitriles is 1. The summed E-state index contributed by atoms with van der Waals surface area (Å²) in [5.41, 5.74) is 5.46. The zero-order valence-corrected chi connectivity index (χ0v) is 10.7. The maximum absolute atomic E-state index is 11.9. The van der Waals surface area contributed by atoms with Crippen LogP contribution in [-0.4, -0.2) is 24.7 Å². The smallest absolute Gasteiger partial charge is 0.156 e. The first-order chi connectivity index (χ1) is 7.73. The average molecular weight is 253 g/mol. The lowest BCUT2D eigenvalue weighted by Gasteiger charge is -2.18. The van der Waals surface area contributed by atoms with Gasteiger partial charge in [0.05, 0.1) is 11.5 Å². The summed E-state index contributed by atoms with van der Waals surface area (Å²) in [6.45, 7) is 3.30. The van der Waals surface area contributed by atoms with Crippen LogP contribution in [0.1, 0.15) is 25.1 Å². The highest BCUT2D eigenvalue weighted by Gasteiger charge is 2.23. The molecule has 6 heteroatoms. The normalized spacial score (nSPS) is 12.1. The van der Waals surface area contributed by atoms with Crippen LogP contribution in [0.15, 0.2) is 18.3 Å². The SMILES string of the molecule is CC(C)(N)CS(=O)(=O)Cc1cccnc1C#N. The van der Waals surface area contributed by atoms with E-state index in [1.807, 2.05) is 6.07 Å². The molecule has 1 aromatic rings. The van der Waals surface area contributed by atoms with Crippen LogP contribution >= 0.6 is 0 Å². The fourth-order valence-corrected chi connectivity index (χ4v) is 3.45. The minimum atomic E-state index is -3.34. The van der Waals surface area contributed by atoms with Crippen molar-refractivity contribution < 1.29 is 8.42 Å². The average Bonchev–Trinajstić information content (AvgIpc) is 2.14. The molecular formula is C11H15N3O2S. The number of hydrogen-bond acceptors (Lipinski definition) is 5. The van der Waals surface area contributed by atoms with Crippen LogP contribution in [0.5, 0.6) is 0 Å². The predicted molar refractivity (Wildman–Crippen MR) is 64.7 cm³/mol. The number of sulfone groups is 1. The number of hydrogen-bond donors (Lipinski definition) is 1. The molecule has 0 aliphatic carbocycles. The standard InChI is InChI=1S/C11H15N3O2S/c1-11(2,13)8-17(15,16)7-9-4-3-5-14-10(9)6-12/h3-5H,7-8,13H2,1-2H3. The maximum atomic E-state index is 11.9. The number of aromatic nitrogens is 1. The van der Waals surface area contributed by atoms with E-state index >= 15 is 0 Å². The Morgan fingerprint density at radius 1 is 1.53 bits per heavy atom. The zero-order chi connectivity index (χ0) is 13.1. The van der Waals surface area contributed by atoms with Gasteiger partial charge in [-0.2, -0.15) is 5.26 Å². The van der Waals surface area contributed by atoms with Crippen molar-refractivity contribution in [3.63, 3.8) is 0 Å². The van der Waals surface area contributed by atoms with Gasteiger partial charge < -0.3 is 5.73 Å². The lowest BCUT2D eigenvalue weighted by atomic mass is 10.1. The van der Waals surface area contributed by atoms with Crippen molar-refractivity contribution in [1.82, 2.24) is 4.98 Å². The Bertz CT molecular complexity index is 539.